The second-order valence-corrected chi connectivity index (χ2v) is 3.80. The van der Waals surface area contributed by atoms with E-state index in [0.717, 1.165) is 6.07 Å². The van der Waals surface area contributed by atoms with E-state index in [2.05, 4.69) is 31.9 Å². The van der Waals surface area contributed by atoms with Gasteiger partial charge in [0.2, 0.25) is 0 Å². The van der Waals surface area contributed by atoms with Crippen LogP contribution in [-0.4, -0.2) is 11.1 Å². The maximum absolute atomic E-state index is 13.0. The van der Waals surface area contributed by atoms with E-state index in [9.17, 15) is 13.6 Å². The molecular formula is C7H2Br2F2O2. The van der Waals surface area contributed by atoms with Gasteiger partial charge in [-0.15, -0.1) is 0 Å². The van der Waals surface area contributed by atoms with Crippen molar-refractivity contribution < 1.29 is 18.7 Å². The van der Waals surface area contributed by atoms with Crippen LogP contribution in [-0.2, 0) is 0 Å². The minimum atomic E-state index is -1.45. The molecule has 0 aliphatic rings. The summed E-state index contributed by atoms with van der Waals surface area (Å²) >= 11 is 5.37. The van der Waals surface area contributed by atoms with Gasteiger partial charge in [0, 0.05) is 0 Å². The zero-order valence-electron chi connectivity index (χ0n) is 5.94. The van der Waals surface area contributed by atoms with Gasteiger partial charge in [0.1, 0.15) is 0 Å². The summed E-state index contributed by atoms with van der Waals surface area (Å²) in [5.41, 5.74) is -0.583. The molecular weight excluding hydrogens is 314 g/mol. The Balaban J connectivity index is 3.50. The fourth-order valence-electron chi connectivity index (χ4n) is 0.728. The van der Waals surface area contributed by atoms with Gasteiger partial charge >= 0.3 is 5.97 Å². The van der Waals surface area contributed by atoms with E-state index in [-0.39, 0.29) is 4.47 Å². The number of hydrogen-bond donors (Lipinski definition) is 1. The normalized spacial score (nSPS) is 10.2. The summed E-state index contributed by atoms with van der Waals surface area (Å²) in [6, 6.07) is 0.873. The summed E-state index contributed by atoms with van der Waals surface area (Å²) in [4.78, 5) is 10.4. The Bertz CT molecular complexity index is 379. The Morgan fingerprint density at radius 1 is 1.31 bits per heavy atom. The van der Waals surface area contributed by atoms with E-state index in [1.54, 1.807) is 0 Å². The first-order valence-electron chi connectivity index (χ1n) is 3.01. The molecule has 0 bridgehead atoms. The van der Waals surface area contributed by atoms with Crippen molar-refractivity contribution in [1.29, 1.82) is 0 Å². The highest BCUT2D eigenvalue weighted by molar-refractivity contribution is 9.11. The molecule has 1 N–H and O–H groups in total. The Labute approximate surface area is 88.8 Å². The molecule has 0 aliphatic carbocycles. The van der Waals surface area contributed by atoms with Crippen LogP contribution in [0.5, 0.6) is 0 Å². The van der Waals surface area contributed by atoms with Crippen LogP contribution in [0.1, 0.15) is 10.4 Å². The highest BCUT2D eigenvalue weighted by atomic mass is 79.9. The van der Waals surface area contributed by atoms with Gasteiger partial charge in [-0.3, -0.25) is 0 Å². The van der Waals surface area contributed by atoms with E-state index >= 15 is 0 Å². The Hall–Kier alpha value is -0.490. The molecule has 0 aromatic heterocycles. The predicted molar refractivity (Wildman–Crippen MR) is 48.7 cm³/mol. The molecule has 13 heavy (non-hydrogen) atoms. The van der Waals surface area contributed by atoms with Gasteiger partial charge in [0.15, 0.2) is 11.6 Å². The summed E-state index contributed by atoms with van der Waals surface area (Å²) in [7, 11) is 0. The topological polar surface area (TPSA) is 37.3 Å². The van der Waals surface area contributed by atoms with Crippen molar-refractivity contribution in [3.05, 3.63) is 32.2 Å². The van der Waals surface area contributed by atoms with E-state index in [4.69, 9.17) is 5.11 Å². The van der Waals surface area contributed by atoms with Crippen molar-refractivity contribution in [2.24, 2.45) is 0 Å². The standard InChI is InChI=1S/C7H2Br2F2O2/c8-3-1-2(7(12)13)5(10)4(9)6(3)11/h1H,(H,12,13). The highest BCUT2D eigenvalue weighted by Crippen LogP contribution is 2.29. The second kappa shape index (κ2) is 3.71. The summed E-state index contributed by atoms with van der Waals surface area (Å²) in [5, 5.41) is 8.50. The third kappa shape index (κ3) is 1.88. The number of rotatable bonds is 1. The minimum absolute atomic E-state index is 0.0989. The third-order valence-electron chi connectivity index (χ3n) is 1.33. The molecule has 0 amide bonds. The first kappa shape index (κ1) is 10.6. The zero-order valence-corrected chi connectivity index (χ0v) is 9.12. The maximum atomic E-state index is 13.0. The molecule has 0 atom stereocenters. The number of carbonyl (C=O) groups is 1. The molecule has 0 radical (unpaired) electrons. The number of carboxylic acid groups (broad SMARTS) is 1. The molecule has 1 aromatic carbocycles. The number of benzene rings is 1. The zero-order chi connectivity index (χ0) is 10.2. The summed E-state index contributed by atoms with van der Waals surface area (Å²) in [6.45, 7) is 0. The molecule has 1 rings (SSSR count). The molecule has 0 saturated carbocycles. The fourth-order valence-corrected chi connectivity index (χ4v) is 1.85. The van der Waals surface area contributed by atoms with Crippen LogP contribution in [0, 0.1) is 11.6 Å². The van der Waals surface area contributed by atoms with Crippen LogP contribution >= 0.6 is 31.9 Å². The van der Waals surface area contributed by atoms with Crippen molar-refractivity contribution >= 4 is 37.8 Å². The molecule has 0 aliphatic heterocycles. The van der Waals surface area contributed by atoms with Gasteiger partial charge in [-0.05, 0) is 37.9 Å². The molecule has 1 aromatic rings. The Morgan fingerprint density at radius 2 is 1.85 bits per heavy atom. The third-order valence-corrected chi connectivity index (χ3v) is 2.61. The van der Waals surface area contributed by atoms with Gasteiger partial charge in [-0.2, -0.15) is 0 Å². The molecule has 0 unspecified atom stereocenters. The fraction of sp³-hybridized carbons (Fsp3) is 0. The van der Waals surface area contributed by atoms with Gasteiger partial charge in [-0.25, -0.2) is 13.6 Å². The monoisotopic (exact) mass is 314 g/mol. The molecule has 0 fully saturated rings. The lowest BCUT2D eigenvalue weighted by Gasteiger charge is -2.02. The lowest BCUT2D eigenvalue weighted by molar-refractivity contribution is 0.0691. The second-order valence-electron chi connectivity index (χ2n) is 2.15. The molecule has 70 valence electrons. The first-order chi connectivity index (χ1) is 5.95. The smallest absolute Gasteiger partial charge is 0.338 e. The molecule has 2 nitrogen and oxygen atoms in total. The minimum Gasteiger partial charge on any atom is -0.478 e. The average Bonchev–Trinajstić information content (AvgIpc) is 2.07. The molecule has 0 spiro atoms. The van der Waals surface area contributed by atoms with Gasteiger partial charge in [0.25, 0.3) is 0 Å². The summed E-state index contributed by atoms with van der Waals surface area (Å²) in [6.07, 6.45) is 0. The first-order valence-corrected chi connectivity index (χ1v) is 4.60. The van der Waals surface area contributed by atoms with Crippen LogP contribution in [0.4, 0.5) is 8.78 Å². The number of hydrogen-bond acceptors (Lipinski definition) is 1. The van der Waals surface area contributed by atoms with Crippen molar-refractivity contribution in [2.45, 2.75) is 0 Å². The molecule has 6 heteroatoms. The quantitative estimate of drug-likeness (QED) is 0.638. The van der Waals surface area contributed by atoms with Crippen LogP contribution in [0.15, 0.2) is 15.0 Å². The van der Waals surface area contributed by atoms with Crippen molar-refractivity contribution in [3.8, 4) is 0 Å². The lowest BCUT2D eigenvalue weighted by atomic mass is 10.2. The predicted octanol–water partition coefficient (Wildman–Crippen LogP) is 3.19. The van der Waals surface area contributed by atoms with E-state index < -0.39 is 27.6 Å². The number of aromatic carboxylic acids is 1. The van der Waals surface area contributed by atoms with Crippen LogP contribution in [0.3, 0.4) is 0 Å². The lowest BCUT2D eigenvalue weighted by Crippen LogP contribution is -2.03. The number of carboxylic acids is 1. The van der Waals surface area contributed by atoms with Gasteiger partial charge in [-0.1, -0.05) is 0 Å². The van der Waals surface area contributed by atoms with Gasteiger partial charge in [0.05, 0.1) is 14.5 Å². The van der Waals surface area contributed by atoms with Crippen LogP contribution in [0.25, 0.3) is 0 Å². The van der Waals surface area contributed by atoms with Crippen LogP contribution in [0.2, 0.25) is 0 Å². The van der Waals surface area contributed by atoms with Gasteiger partial charge < -0.3 is 5.11 Å². The van der Waals surface area contributed by atoms with E-state index in [1.807, 2.05) is 0 Å². The average molecular weight is 316 g/mol. The SMILES string of the molecule is O=C(O)c1cc(Br)c(F)c(Br)c1F. The van der Waals surface area contributed by atoms with E-state index in [1.165, 1.54) is 0 Å². The van der Waals surface area contributed by atoms with Crippen molar-refractivity contribution in [2.75, 3.05) is 0 Å². The number of halogens is 4. The van der Waals surface area contributed by atoms with Crippen molar-refractivity contribution in [1.82, 2.24) is 0 Å². The maximum Gasteiger partial charge on any atom is 0.338 e. The van der Waals surface area contributed by atoms with E-state index in [0.29, 0.717) is 0 Å². The summed E-state index contributed by atoms with van der Waals surface area (Å²) < 4.78 is 25.3. The molecule has 0 saturated heterocycles. The Morgan fingerprint density at radius 3 is 2.31 bits per heavy atom. The Kier molecular flexibility index (Phi) is 3.02. The largest absolute Gasteiger partial charge is 0.478 e. The summed E-state index contributed by atoms with van der Waals surface area (Å²) in [5.74, 6) is -3.42. The van der Waals surface area contributed by atoms with Crippen LogP contribution < -0.4 is 0 Å². The molecule has 0 heterocycles. The highest BCUT2D eigenvalue weighted by Gasteiger charge is 2.19. The van der Waals surface area contributed by atoms with Crippen molar-refractivity contribution in [3.63, 3.8) is 0 Å².